The van der Waals surface area contributed by atoms with E-state index in [-0.39, 0.29) is 6.03 Å². The minimum atomic E-state index is -0.216. The smallest absolute Gasteiger partial charge is 0.315 e. The van der Waals surface area contributed by atoms with E-state index in [1.807, 2.05) is 31.2 Å². The molecule has 0 unspecified atom stereocenters. The number of allylic oxidation sites excluding steroid dienone is 1. The lowest BCUT2D eigenvalue weighted by molar-refractivity contribution is 0.255. The zero-order chi connectivity index (χ0) is 12.8. The Labute approximate surface area is 116 Å². The number of hydrogen-bond acceptors (Lipinski definition) is 1. The molecule has 0 atom stereocenters. The van der Waals surface area contributed by atoms with Gasteiger partial charge in [-0.25, -0.2) is 4.79 Å². The number of aryl methyl sites for hydroxylation is 1. The van der Waals surface area contributed by atoms with Gasteiger partial charge in [0.15, 0.2) is 0 Å². The van der Waals surface area contributed by atoms with Gasteiger partial charge in [-0.15, -0.1) is 0 Å². The minimum Gasteiger partial charge on any atom is -0.315 e. The van der Waals surface area contributed by atoms with Crippen molar-refractivity contribution in [2.45, 2.75) is 20.8 Å². The molecule has 92 valence electrons. The zero-order valence-electron chi connectivity index (χ0n) is 10.3. The summed E-state index contributed by atoms with van der Waals surface area (Å²) < 4.78 is 1.16. The number of anilines is 1. The van der Waals surface area contributed by atoms with Crippen LogP contribution < -0.4 is 10.6 Å². The van der Waals surface area contributed by atoms with E-state index in [2.05, 4.69) is 47.1 Å². The topological polar surface area (TPSA) is 41.1 Å². The van der Waals surface area contributed by atoms with Gasteiger partial charge in [-0.3, -0.25) is 0 Å². The Morgan fingerprint density at radius 1 is 1.41 bits per heavy atom. The average molecular weight is 344 g/mol. The predicted octanol–water partition coefficient (Wildman–Crippen LogP) is 3.89. The van der Waals surface area contributed by atoms with Crippen LogP contribution in [0, 0.1) is 16.4 Å². The number of carbonyl (C=O) groups excluding carboxylic acids is 1. The van der Waals surface area contributed by atoms with E-state index in [0.717, 1.165) is 14.8 Å². The minimum absolute atomic E-state index is 0.216. The van der Waals surface area contributed by atoms with Crippen molar-refractivity contribution < 1.29 is 4.79 Å². The van der Waals surface area contributed by atoms with Crippen LogP contribution in [0.15, 0.2) is 30.5 Å². The first-order chi connectivity index (χ1) is 7.99. The summed E-state index contributed by atoms with van der Waals surface area (Å²) in [7, 11) is 0. The number of nitrogens with one attached hydrogen (secondary N) is 2. The van der Waals surface area contributed by atoms with Crippen molar-refractivity contribution >= 4 is 34.3 Å². The van der Waals surface area contributed by atoms with Crippen LogP contribution in [0.5, 0.6) is 0 Å². The van der Waals surface area contributed by atoms with Gasteiger partial charge in [-0.2, -0.15) is 0 Å². The molecule has 0 aliphatic carbocycles. The molecule has 3 nitrogen and oxygen atoms in total. The SMILES string of the molecule is Cc1cc(I)ccc1NC(=O)N/C=C/C(C)C. The lowest BCUT2D eigenvalue weighted by atomic mass is 10.2. The molecule has 0 radical (unpaired) electrons. The normalized spacial score (nSPS) is 10.9. The van der Waals surface area contributed by atoms with E-state index < -0.39 is 0 Å². The van der Waals surface area contributed by atoms with Gasteiger partial charge in [0, 0.05) is 15.5 Å². The van der Waals surface area contributed by atoms with Gasteiger partial charge < -0.3 is 10.6 Å². The summed E-state index contributed by atoms with van der Waals surface area (Å²) in [5.41, 5.74) is 1.89. The molecule has 0 bridgehead atoms. The summed E-state index contributed by atoms with van der Waals surface area (Å²) in [4.78, 5) is 11.6. The van der Waals surface area contributed by atoms with Gasteiger partial charge in [0.05, 0.1) is 0 Å². The Hall–Kier alpha value is -1.04. The molecule has 0 spiro atoms. The Morgan fingerprint density at radius 2 is 2.12 bits per heavy atom. The van der Waals surface area contributed by atoms with E-state index in [1.54, 1.807) is 6.20 Å². The highest BCUT2D eigenvalue weighted by atomic mass is 127. The molecule has 4 heteroatoms. The Morgan fingerprint density at radius 3 is 2.71 bits per heavy atom. The molecule has 0 aromatic heterocycles. The number of carbonyl (C=O) groups is 1. The second kappa shape index (κ2) is 6.64. The van der Waals surface area contributed by atoms with Crippen molar-refractivity contribution in [1.29, 1.82) is 0 Å². The van der Waals surface area contributed by atoms with Crippen LogP contribution >= 0.6 is 22.6 Å². The third-order valence-corrected chi connectivity index (χ3v) is 2.80. The van der Waals surface area contributed by atoms with Crippen molar-refractivity contribution in [3.05, 3.63) is 39.6 Å². The van der Waals surface area contributed by atoms with E-state index in [4.69, 9.17) is 0 Å². The number of benzene rings is 1. The lowest BCUT2D eigenvalue weighted by Crippen LogP contribution is -2.24. The lowest BCUT2D eigenvalue weighted by Gasteiger charge is -2.08. The zero-order valence-corrected chi connectivity index (χ0v) is 12.4. The monoisotopic (exact) mass is 344 g/mol. The van der Waals surface area contributed by atoms with Gasteiger partial charge in [0.25, 0.3) is 0 Å². The maximum Gasteiger partial charge on any atom is 0.323 e. The van der Waals surface area contributed by atoms with Crippen molar-refractivity contribution in [2.75, 3.05) is 5.32 Å². The summed E-state index contributed by atoms with van der Waals surface area (Å²) in [6.45, 7) is 6.08. The summed E-state index contributed by atoms with van der Waals surface area (Å²) in [6.07, 6.45) is 3.60. The summed E-state index contributed by atoms with van der Waals surface area (Å²) in [5, 5.41) is 5.48. The predicted molar refractivity (Wildman–Crippen MR) is 80.0 cm³/mol. The van der Waals surface area contributed by atoms with Gasteiger partial charge in [-0.05, 0) is 59.2 Å². The molecule has 0 heterocycles. The highest BCUT2D eigenvalue weighted by molar-refractivity contribution is 14.1. The van der Waals surface area contributed by atoms with E-state index in [0.29, 0.717) is 5.92 Å². The van der Waals surface area contributed by atoms with Crippen molar-refractivity contribution in [3.63, 3.8) is 0 Å². The average Bonchev–Trinajstić information content (AvgIpc) is 2.21. The third kappa shape index (κ3) is 5.21. The van der Waals surface area contributed by atoms with Gasteiger partial charge in [-0.1, -0.05) is 19.9 Å². The largest absolute Gasteiger partial charge is 0.323 e. The standard InChI is InChI=1S/C13H17IN2O/c1-9(2)6-7-15-13(17)16-12-5-4-11(14)8-10(12)3/h4-9H,1-3H3,(H2,15,16,17)/b7-6+. The van der Waals surface area contributed by atoms with Gasteiger partial charge >= 0.3 is 6.03 Å². The summed E-state index contributed by atoms with van der Waals surface area (Å²) in [5.74, 6) is 0.426. The second-order valence-corrected chi connectivity index (χ2v) is 5.41. The van der Waals surface area contributed by atoms with Crippen LogP contribution in [0.1, 0.15) is 19.4 Å². The molecule has 0 aliphatic heterocycles. The highest BCUT2D eigenvalue weighted by Crippen LogP contribution is 2.17. The molecule has 17 heavy (non-hydrogen) atoms. The molecule has 1 rings (SSSR count). The first kappa shape index (κ1) is 14.0. The fraction of sp³-hybridized carbons (Fsp3) is 0.308. The Bertz CT molecular complexity index is 427. The van der Waals surface area contributed by atoms with E-state index >= 15 is 0 Å². The molecule has 0 saturated heterocycles. The molecular formula is C13H17IN2O. The molecule has 2 N–H and O–H groups in total. The summed E-state index contributed by atoms with van der Waals surface area (Å²) in [6, 6.07) is 5.68. The molecule has 1 aromatic rings. The van der Waals surface area contributed by atoms with Crippen LogP contribution in [0.3, 0.4) is 0 Å². The third-order valence-electron chi connectivity index (χ3n) is 2.13. The number of amides is 2. The molecule has 2 amide bonds. The number of halogens is 1. The van der Waals surface area contributed by atoms with Crippen molar-refractivity contribution in [3.8, 4) is 0 Å². The second-order valence-electron chi connectivity index (χ2n) is 4.16. The fourth-order valence-corrected chi connectivity index (χ4v) is 1.89. The van der Waals surface area contributed by atoms with Gasteiger partial charge in [0.1, 0.15) is 0 Å². The van der Waals surface area contributed by atoms with Crippen LogP contribution in [-0.2, 0) is 0 Å². The quantitative estimate of drug-likeness (QED) is 0.803. The molecule has 0 aliphatic rings. The van der Waals surface area contributed by atoms with Crippen LogP contribution in [0.2, 0.25) is 0 Å². The summed E-state index contributed by atoms with van der Waals surface area (Å²) >= 11 is 2.25. The molecule has 0 fully saturated rings. The van der Waals surface area contributed by atoms with Crippen molar-refractivity contribution in [2.24, 2.45) is 5.92 Å². The van der Waals surface area contributed by atoms with Gasteiger partial charge in [0.2, 0.25) is 0 Å². The van der Waals surface area contributed by atoms with Crippen LogP contribution in [-0.4, -0.2) is 6.03 Å². The first-order valence-corrected chi connectivity index (χ1v) is 6.57. The number of urea groups is 1. The molecule has 0 saturated carbocycles. The maximum absolute atomic E-state index is 11.6. The maximum atomic E-state index is 11.6. The fourth-order valence-electron chi connectivity index (χ4n) is 1.24. The Balaban J connectivity index is 2.56. The number of hydrogen-bond donors (Lipinski definition) is 2. The molecule has 1 aromatic carbocycles. The molecular weight excluding hydrogens is 327 g/mol. The van der Waals surface area contributed by atoms with Crippen LogP contribution in [0.25, 0.3) is 0 Å². The van der Waals surface area contributed by atoms with Crippen molar-refractivity contribution in [1.82, 2.24) is 5.32 Å². The number of rotatable bonds is 3. The first-order valence-electron chi connectivity index (χ1n) is 5.49. The highest BCUT2D eigenvalue weighted by Gasteiger charge is 2.02. The van der Waals surface area contributed by atoms with Crippen LogP contribution in [0.4, 0.5) is 10.5 Å². The Kier molecular flexibility index (Phi) is 5.47. The van der Waals surface area contributed by atoms with E-state index in [9.17, 15) is 4.79 Å². The van der Waals surface area contributed by atoms with E-state index in [1.165, 1.54) is 0 Å².